The zero-order chi connectivity index (χ0) is 17.7. The number of esters is 1. The van der Waals surface area contributed by atoms with Crippen molar-refractivity contribution in [3.63, 3.8) is 0 Å². The minimum atomic E-state index is -0.526. The molecule has 26 heavy (non-hydrogen) atoms. The van der Waals surface area contributed by atoms with Crippen LogP contribution in [0, 0.1) is 5.82 Å². The van der Waals surface area contributed by atoms with E-state index in [1.54, 1.807) is 6.08 Å². The van der Waals surface area contributed by atoms with E-state index in [1.807, 2.05) is 24.6 Å². The van der Waals surface area contributed by atoms with Crippen LogP contribution < -0.4 is 0 Å². The SMILES string of the molecule is O=C(OC1=CCOC2=C3C=CC=C4C=CN(C=C12)C43)c1ccc(F)cc1. The standard InChI is InChI=1S/C21H14FNO3/c22-15-6-4-14(5-7-15)21(24)26-18-9-11-25-20-16-3-1-2-13-8-10-23(19(13)16)12-17(18)20/h1-10,12,19H,11H2. The second kappa shape index (κ2) is 5.59. The Kier molecular flexibility index (Phi) is 3.22. The maximum absolute atomic E-state index is 13.1. The van der Waals surface area contributed by atoms with Crippen molar-refractivity contribution in [2.75, 3.05) is 6.61 Å². The Balaban J connectivity index is 1.48. The number of hydrogen-bond acceptors (Lipinski definition) is 4. The molecule has 0 spiro atoms. The summed E-state index contributed by atoms with van der Waals surface area (Å²) in [5.41, 5.74) is 3.28. The number of halogens is 1. The number of rotatable bonds is 2. The number of carbonyl (C=O) groups excluding carboxylic acids is 1. The summed E-state index contributed by atoms with van der Waals surface area (Å²) in [6.07, 6.45) is 13.8. The fourth-order valence-electron chi connectivity index (χ4n) is 3.53. The van der Waals surface area contributed by atoms with E-state index in [2.05, 4.69) is 17.1 Å². The Bertz CT molecular complexity index is 993. The number of ether oxygens (including phenoxy) is 2. The zero-order valence-corrected chi connectivity index (χ0v) is 13.7. The fraction of sp³-hybridized carbons (Fsp3) is 0.0952. The van der Waals surface area contributed by atoms with Gasteiger partial charge in [0.2, 0.25) is 0 Å². The highest BCUT2D eigenvalue weighted by Crippen LogP contribution is 2.42. The normalized spacial score (nSPS) is 22.1. The average Bonchev–Trinajstić information content (AvgIpc) is 3.07. The molecular weight excluding hydrogens is 333 g/mol. The third-order valence-electron chi connectivity index (χ3n) is 4.74. The van der Waals surface area contributed by atoms with Crippen molar-refractivity contribution in [1.82, 2.24) is 4.90 Å². The Labute approximate surface area is 149 Å². The summed E-state index contributed by atoms with van der Waals surface area (Å²) < 4.78 is 24.5. The van der Waals surface area contributed by atoms with Crippen LogP contribution in [-0.2, 0) is 9.47 Å². The van der Waals surface area contributed by atoms with Gasteiger partial charge in [-0.25, -0.2) is 9.18 Å². The van der Waals surface area contributed by atoms with Crippen LogP contribution in [0.1, 0.15) is 10.4 Å². The lowest BCUT2D eigenvalue weighted by Gasteiger charge is -2.35. The van der Waals surface area contributed by atoms with E-state index in [1.165, 1.54) is 29.8 Å². The Morgan fingerprint density at radius 3 is 2.92 bits per heavy atom. The van der Waals surface area contributed by atoms with Crippen LogP contribution >= 0.6 is 0 Å². The summed E-state index contributed by atoms with van der Waals surface area (Å²) in [5.74, 6) is 0.272. The number of nitrogens with zero attached hydrogens (tertiary/aromatic N) is 1. The van der Waals surface area contributed by atoms with Gasteiger partial charge in [0.05, 0.1) is 17.2 Å². The topological polar surface area (TPSA) is 38.8 Å². The lowest BCUT2D eigenvalue weighted by Crippen LogP contribution is -2.33. The first-order valence-electron chi connectivity index (χ1n) is 8.32. The second-order valence-electron chi connectivity index (χ2n) is 6.29. The second-order valence-corrected chi connectivity index (χ2v) is 6.29. The van der Waals surface area contributed by atoms with Crippen molar-refractivity contribution in [3.8, 4) is 0 Å². The molecule has 1 aromatic carbocycles. The van der Waals surface area contributed by atoms with E-state index in [9.17, 15) is 9.18 Å². The van der Waals surface area contributed by atoms with Gasteiger partial charge in [0.15, 0.2) is 0 Å². The molecule has 1 aromatic rings. The lowest BCUT2D eigenvalue weighted by atomic mass is 9.89. The van der Waals surface area contributed by atoms with E-state index in [0.717, 1.165) is 16.9 Å². The molecule has 3 heterocycles. The van der Waals surface area contributed by atoms with Crippen LogP contribution in [0.15, 0.2) is 95.3 Å². The number of fused-ring (bicyclic) bond motifs is 1. The van der Waals surface area contributed by atoms with E-state index < -0.39 is 11.8 Å². The first-order chi connectivity index (χ1) is 12.7. The predicted octanol–water partition coefficient (Wildman–Crippen LogP) is 3.74. The van der Waals surface area contributed by atoms with Gasteiger partial charge in [-0.05, 0) is 42.0 Å². The van der Waals surface area contributed by atoms with Crippen molar-refractivity contribution in [1.29, 1.82) is 0 Å². The number of benzene rings is 1. The summed E-state index contributed by atoms with van der Waals surface area (Å²) in [6.45, 7) is 0.329. The lowest BCUT2D eigenvalue weighted by molar-refractivity contribution is 0.0617. The molecule has 1 atom stereocenters. The molecule has 3 aliphatic heterocycles. The molecule has 0 amide bonds. The molecule has 0 fully saturated rings. The summed E-state index contributed by atoms with van der Waals surface area (Å²) >= 11 is 0. The van der Waals surface area contributed by atoms with Crippen molar-refractivity contribution >= 4 is 5.97 Å². The van der Waals surface area contributed by atoms with Crippen molar-refractivity contribution in [3.05, 3.63) is 107 Å². The van der Waals surface area contributed by atoms with Crippen LogP contribution in [-0.4, -0.2) is 23.5 Å². The summed E-state index contributed by atoms with van der Waals surface area (Å²) in [7, 11) is 0. The molecule has 0 bridgehead atoms. The Hall–Kier alpha value is -3.34. The molecule has 1 aliphatic carbocycles. The van der Waals surface area contributed by atoms with Gasteiger partial charge in [0.1, 0.15) is 23.9 Å². The first-order valence-corrected chi connectivity index (χ1v) is 8.32. The number of carbonyl (C=O) groups is 1. The molecule has 0 radical (unpaired) electrons. The third-order valence-corrected chi connectivity index (χ3v) is 4.74. The molecule has 0 saturated heterocycles. The molecule has 128 valence electrons. The highest BCUT2D eigenvalue weighted by molar-refractivity contribution is 5.90. The van der Waals surface area contributed by atoms with E-state index in [-0.39, 0.29) is 6.04 Å². The molecule has 0 N–H and O–H groups in total. The summed E-state index contributed by atoms with van der Waals surface area (Å²) in [5, 5.41) is 0. The molecule has 5 rings (SSSR count). The Morgan fingerprint density at radius 2 is 2.08 bits per heavy atom. The minimum Gasteiger partial charge on any atom is -0.488 e. The van der Waals surface area contributed by atoms with Crippen LogP contribution in [0.2, 0.25) is 0 Å². The van der Waals surface area contributed by atoms with Gasteiger partial charge in [-0.15, -0.1) is 0 Å². The Morgan fingerprint density at radius 1 is 1.23 bits per heavy atom. The van der Waals surface area contributed by atoms with Gasteiger partial charge in [-0.1, -0.05) is 18.2 Å². The molecule has 4 nitrogen and oxygen atoms in total. The van der Waals surface area contributed by atoms with Gasteiger partial charge in [-0.3, -0.25) is 0 Å². The number of hydrogen-bond donors (Lipinski definition) is 0. The quantitative estimate of drug-likeness (QED) is 0.764. The van der Waals surface area contributed by atoms with Gasteiger partial charge < -0.3 is 14.4 Å². The largest absolute Gasteiger partial charge is 0.488 e. The zero-order valence-electron chi connectivity index (χ0n) is 13.7. The maximum Gasteiger partial charge on any atom is 0.343 e. The minimum absolute atomic E-state index is 0.117. The molecule has 0 aromatic heterocycles. The van der Waals surface area contributed by atoms with Crippen molar-refractivity contribution in [2.24, 2.45) is 0 Å². The maximum atomic E-state index is 13.1. The predicted molar refractivity (Wildman–Crippen MR) is 92.9 cm³/mol. The van der Waals surface area contributed by atoms with Crippen LogP contribution in [0.4, 0.5) is 4.39 Å². The van der Waals surface area contributed by atoms with Crippen LogP contribution in [0.5, 0.6) is 0 Å². The summed E-state index contributed by atoms with van der Waals surface area (Å²) in [4.78, 5) is 14.5. The van der Waals surface area contributed by atoms with Crippen molar-refractivity contribution < 1.29 is 18.7 Å². The first kappa shape index (κ1) is 15.0. The molecule has 1 unspecified atom stereocenters. The van der Waals surface area contributed by atoms with Crippen LogP contribution in [0.3, 0.4) is 0 Å². The fourth-order valence-corrected chi connectivity index (χ4v) is 3.53. The van der Waals surface area contributed by atoms with Gasteiger partial charge in [0, 0.05) is 18.0 Å². The smallest absolute Gasteiger partial charge is 0.343 e. The highest BCUT2D eigenvalue weighted by Gasteiger charge is 2.37. The van der Waals surface area contributed by atoms with Gasteiger partial charge in [0.25, 0.3) is 0 Å². The van der Waals surface area contributed by atoms with E-state index in [4.69, 9.17) is 9.47 Å². The summed E-state index contributed by atoms with van der Waals surface area (Å²) in [6, 6.07) is 5.41. The average molecular weight is 347 g/mol. The van der Waals surface area contributed by atoms with Gasteiger partial charge in [-0.2, -0.15) is 0 Å². The molecular formula is C21H14FNO3. The number of allylic oxidation sites excluding steroid dienone is 2. The van der Waals surface area contributed by atoms with E-state index >= 15 is 0 Å². The highest BCUT2D eigenvalue weighted by atomic mass is 19.1. The third kappa shape index (κ3) is 2.24. The molecule has 0 saturated carbocycles. The van der Waals surface area contributed by atoms with Crippen molar-refractivity contribution in [2.45, 2.75) is 6.04 Å². The molecule has 4 aliphatic rings. The van der Waals surface area contributed by atoms with Gasteiger partial charge >= 0.3 is 5.97 Å². The molecule has 5 heteroatoms. The van der Waals surface area contributed by atoms with Crippen LogP contribution in [0.25, 0.3) is 0 Å². The monoisotopic (exact) mass is 347 g/mol. The van der Waals surface area contributed by atoms with E-state index in [0.29, 0.717) is 17.9 Å².